The van der Waals surface area contributed by atoms with Gasteiger partial charge in [-0.25, -0.2) is 9.78 Å². The summed E-state index contributed by atoms with van der Waals surface area (Å²) < 4.78 is 5.15. The number of aryl methyl sites for hydroxylation is 1. The summed E-state index contributed by atoms with van der Waals surface area (Å²) in [4.78, 5) is 28.6. The Morgan fingerprint density at radius 2 is 1.59 bits per heavy atom. The van der Waals surface area contributed by atoms with Crippen molar-refractivity contribution < 1.29 is 14.5 Å². The molecule has 3 aromatic rings. The van der Waals surface area contributed by atoms with Crippen LogP contribution in [0.4, 0.5) is 5.69 Å². The van der Waals surface area contributed by atoms with Gasteiger partial charge in [-0.2, -0.15) is 0 Å². The molecule has 0 bridgehead atoms. The number of rotatable bonds is 5. The third kappa shape index (κ3) is 3.55. The van der Waals surface area contributed by atoms with E-state index in [1.165, 1.54) is 0 Å². The number of hydrogen-bond donors (Lipinski definition) is 0. The molecule has 6 nitrogen and oxygen atoms in total. The maximum absolute atomic E-state index is 12.6. The van der Waals surface area contributed by atoms with Crippen LogP contribution >= 0.6 is 0 Å². The summed E-state index contributed by atoms with van der Waals surface area (Å²) in [7, 11) is 0. The number of benzene rings is 2. The topological polar surface area (TPSA) is 82.3 Å². The first kappa shape index (κ1) is 18.3. The van der Waals surface area contributed by atoms with Crippen LogP contribution in [-0.4, -0.2) is 22.5 Å². The Balaban J connectivity index is 2.43. The van der Waals surface area contributed by atoms with E-state index in [0.717, 1.165) is 0 Å². The van der Waals surface area contributed by atoms with Gasteiger partial charge in [-0.05, 0) is 19.4 Å². The average Bonchev–Trinajstić information content (AvgIpc) is 2.68. The number of nitro groups is 1. The number of carbonyl (C=O) groups excluding carboxylic acids is 1. The van der Waals surface area contributed by atoms with Crippen LogP contribution < -0.4 is 0 Å². The molecule has 27 heavy (non-hydrogen) atoms. The minimum Gasteiger partial charge on any atom is -0.462 e. The van der Waals surface area contributed by atoms with E-state index >= 15 is 0 Å². The second-order valence-electron chi connectivity index (χ2n) is 5.85. The molecule has 0 saturated heterocycles. The molecule has 0 unspecified atom stereocenters. The van der Waals surface area contributed by atoms with Crippen molar-refractivity contribution in [3.8, 4) is 22.4 Å². The van der Waals surface area contributed by atoms with Crippen LogP contribution in [-0.2, 0) is 4.74 Å². The Morgan fingerprint density at radius 3 is 2.11 bits per heavy atom. The predicted octanol–water partition coefficient (Wildman–Crippen LogP) is 4.81. The molecule has 3 rings (SSSR count). The van der Waals surface area contributed by atoms with Crippen LogP contribution in [0, 0.1) is 17.0 Å². The van der Waals surface area contributed by atoms with Crippen molar-refractivity contribution in [3.05, 3.63) is 82.0 Å². The molecular formula is C21H18N2O4. The zero-order chi connectivity index (χ0) is 19.4. The van der Waals surface area contributed by atoms with Crippen LogP contribution in [0.1, 0.15) is 23.0 Å². The van der Waals surface area contributed by atoms with E-state index < -0.39 is 10.9 Å². The highest BCUT2D eigenvalue weighted by atomic mass is 16.6. The van der Waals surface area contributed by atoms with Gasteiger partial charge < -0.3 is 4.74 Å². The highest BCUT2D eigenvalue weighted by Gasteiger charge is 2.31. The first-order valence-electron chi connectivity index (χ1n) is 8.51. The molecule has 6 heteroatoms. The van der Waals surface area contributed by atoms with Gasteiger partial charge in [0.2, 0.25) is 0 Å². The quantitative estimate of drug-likeness (QED) is 0.369. The first-order chi connectivity index (χ1) is 13.0. The highest BCUT2D eigenvalue weighted by molar-refractivity contribution is 6.03. The minimum atomic E-state index is -0.621. The molecule has 136 valence electrons. The molecule has 0 aliphatic rings. The van der Waals surface area contributed by atoms with Gasteiger partial charge in [-0.3, -0.25) is 10.1 Å². The molecule has 0 amide bonds. The van der Waals surface area contributed by atoms with Crippen molar-refractivity contribution in [2.24, 2.45) is 0 Å². The van der Waals surface area contributed by atoms with E-state index in [1.54, 1.807) is 62.4 Å². The second kappa shape index (κ2) is 7.78. The minimum absolute atomic E-state index is 0.120. The van der Waals surface area contributed by atoms with Gasteiger partial charge in [-0.15, -0.1) is 0 Å². The van der Waals surface area contributed by atoms with E-state index in [1.807, 2.05) is 12.1 Å². The van der Waals surface area contributed by atoms with Crippen LogP contribution in [0.2, 0.25) is 0 Å². The Hall–Kier alpha value is -3.54. The van der Waals surface area contributed by atoms with E-state index in [9.17, 15) is 14.9 Å². The van der Waals surface area contributed by atoms with Crippen LogP contribution in [0.15, 0.2) is 60.7 Å². The van der Waals surface area contributed by atoms with E-state index in [4.69, 9.17) is 4.74 Å². The molecule has 0 fully saturated rings. The Morgan fingerprint density at radius 1 is 1.04 bits per heavy atom. The van der Waals surface area contributed by atoms with Crippen molar-refractivity contribution >= 4 is 11.7 Å². The summed E-state index contributed by atoms with van der Waals surface area (Å²) in [5.41, 5.74) is 1.93. The Labute approximate surface area is 156 Å². The van der Waals surface area contributed by atoms with Crippen molar-refractivity contribution in [1.82, 2.24) is 4.98 Å². The lowest BCUT2D eigenvalue weighted by Crippen LogP contribution is -2.13. The molecule has 1 aromatic heterocycles. The summed E-state index contributed by atoms with van der Waals surface area (Å²) in [5.74, 6) is -0.621. The summed E-state index contributed by atoms with van der Waals surface area (Å²) in [6, 6.07) is 17.7. The van der Waals surface area contributed by atoms with Crippen LogP contribution in [0.3, 0.4) is 0 Å². The van der Waals surface area contributed by atoms with Crippen molar-refractivity contribution in [2.75, 3.05) is 6.61 Å². The predicted molar refractivity (Wildman–Crippen MR) is 102 cm³/mol. The van der Waals surface area contributed by atoms with Gasteiger partial charge in [0, 0.05) is 5.56 Å². The van der Waals surface area contributed by atoms with Crippen LogP contribution in [0.5, 0.6) is 0 Å². The number of ether oxygens (including phenoxy) is 1. The van der Waals surface area contributed by atoms with Gasteiger partial charge >= 0.3 is 11.7 Å². The lowest BCUT2D eigenvalue weighted by molar-refractivity contribution is -0.383. The maximum Gasteiger partial charge on any atom is 0.340 e. The Kier molecular flexibility index (Phi) is 5.26. The smallest absolute Gasteiger partial charge is 0.340 e. The van der Waals surface area contributed by atoms with Gasteiger partial charge in [0.05, 0.1) is 28.4 Å². The van der Waals surface area contributed by atoms with Gasteiger partial charge in [-0.1, -0.05) is 60.7 Å². The third-order valence-electron chi connectivity index (χ3n) is 4.12. The van der Waals surface area contributed by atoms with E-state index in [-0.39, 0.29) is 29.1 Å². The summed E-state index contributed by atoms with van der Waals surface area (Å²) >= 11 is 0. The SMILES string of the molecule is CCOC(=O)c1c(C)nc(-c2ccccc2)c([N+](=O)[O-])c1-c1ccccc1. The fourth-order valence-electron chi connectivity index (χ4n) is 3.01. The van der Waals surface area contributed by atoms with Crippen molar-refractivity contribution in [2.45, 2.75) is 13.8 Å². The Bertz CT molecular complexity index is 986. The summed E-state index contributed by atoms with van der Waals surface area (Å²) in [6.45, 7) is 3.52. The molecular weight excluding hydrogens is 344 g/mol. The van der Waals surface area contributed by atoms with Crippen molar-refractivity contribution in [3.63, 3.8) is 0 Å². The van der Waals surface area contributed by atoms with Gasteiger partial charge in [0.25, 0.3) is 0 Å². The monoisotopic (exact) mass is 362 g/mol. The zero-order valence-corrected chi connectivity index (χ0v) is 15.0. The number of esters is 1. The van der Waals surface area contributed by atoms with E-state index in [0.29, 0.717) is 16.8 Å². The number of carbonyl (C=O) groups is 1. The molecule has 0 saturated carbocycles. The first-order valence-corrected chi connectivity index (χ1v) is 8.51. The zero-order valence-electron chi connectivity index (χ0n) is 15.0. The molecule has 0 spiro atoms. The molecule has 1 heterocycles. The lowest BCUT2D eigenvalue weighted by Gasteiger charge is -2.15. The van der Waals surface area contributed by atoms with Crippen molar-refractivity contribution in [1.29, 1.82) is 0 Å². The number of nitrogens with zero attached hydrogens (tertiary/aromatic N) is 2. The fourth-order valence-corrected chi connectivity index (χ4v) is 3.01. The second-order valence-corrected chi connectivity index (χ2v) is 5.85. The highest BCUT2D eigenvalue weighted by Crippen LogP contribution is 2.41. The van der Waals surface area contributed by atoms with Gasteiger partial charge in [0.15, 0.2) is 0 Å². The summed E-state index contributed by atoms with van der Waals surface area (Å²) in [6.07, 6.45) is 0. The molecule has 0 atom stereocenters. The fraction of sp³-hybridized carbons (Fsp3) is 0.143. The number of pyridine rings is 1. The van der Waals surface area contributed by atoms with Gasteiger partial charge in [0.1, 0.15) is 5.69 Å². The van der Waals surface area contributed by atoms with Crippen LogP contribution in [0.25, 0.3) is 22.4 Å². The normalized spacial score (nSPS) is 10.4. The number of hydrogen-bond acceptors (Lipinski definition) is 5. The summed E-state index contributed by atoms with van der Waals surface area (Å²) in [5, 5.41) is 12.0. The van der Waals surface area contributed by atoms with E-state index in [2.05, 4.69) is 4.98 Å². The molecule has 0 radical (unpaired) electrons. The third-order valence-corrected chi connectivity index (χ3v) is 4.12. The standard InChI is InChI=1S/C21H18N2O4/c1-3-27-21(24)17-14(2)22-19(16-12-8-5-9-13-16)20(23(25)26)18(17)15-10-6-4-7-11-15/h4-13H,3H2,1-2H3. The number of aromatic nitrogens is 1. The maximum atomic E-state index is 12.6. The largest absolute Gasteiger partial charge is 0.462 e. The molecule has 0 aliphatic carbocycles. The molecule has 0 N–H and O–H groups in total. The lowest BCUT2D eigenvalue weighted by atomic mass is 9.94. The molecule has 0 aliphatic heterocycles. The molecule has 2 aromatic carbocycles. The average molecular weight is 362 g/mol.